The largest absolute Gasteiger partial charge is 0.493 e. The van der Waals surface area contributed by atoms with Crippen molar-refractivity contribution < 1.29 is 9.47 Å². The van der Waals surface area contributed by atoms with Crippen molar-refractivity contribution in [2.24, 2.45) is 0 Å². The topological polar surface area (TPSA) is 44.5 Å². The number of hydrogen-bond acceptors (Lipinski definition) is 3. The summed E-state index contributed by atoms with van der Waals surface area (Å²) in [4.78, 5) is 0. The zero-order chi connectivity index (χ0) is 15.9. The predicted octanol–water partition coefficient (Wildman–Crippen LogP) is 4.43. The lowest BCUT2D eigenvalue weighted by Crippen LogP contribution is -2.04. The number of nitrogens with two attached hydrogens (primary N) is 1. The van der Waals surface area contributed by atoms with E-state index in [-0.39, 0.29) is 0 Å². The molecule has 118 valence electrons. The minimum Gasteiger partial charge on any atom is -0.493 e. The zero-order valence-corrected chi connectivity index (χ0v) is 13.7. The molecule has 2 aromatic carbocycles. The van der Waals surface area contributed by atoms with E-state index in [0.717, 1.165) is 35.6 Å². The summed E-state index contributed by atoms with van der Waals surface area (Å²) in [7, 11) is 0. The van der Waals surface area contributed by atoms with Crippen LogP contribution in [0.15, 0.2) is 36.4 Å². The fourth-order valence-corrected chi connectivity index (χ4v) is 2.32. The Labute approximate surface area is 133 Å². The second-order valence-electron chi connectivity index (χ2n) is 5.64. The summed E-state index contributed by atoms with van der Waals surface area (Å²) in [6, 6.07) is 12.0. The Kier molecular flexibility index (Phi) is 5.70. The molecule has 22 heavy (non-hydrogen) atoms. The first-order chi connectivity index (χ1) is 10.6. The monoisotopic (exact) mass is 299 g/mol. The molecule has 2 rings (SSSR count). The Morgan fingerprint density at radius 1 is 0.864 bits per heavy atom. The first-order valence-corrected chi connectivity index (χ1v) is 7.76. The van der Waals surface area contributed by atoms with Gasteiger partial charge in [-0.2, -0.15) is 0 Å². The fraction of sp³-hybridized carbons (Fsp3) is 0.368. The van der Waals surface area contributed by atoms with Crippen LogP contribution in [-0.4, -0.2) is 13.2 Å². The Bertz CT molecular complexity index is 623. The van der Waals surface area contributed by atoms with Gasteiger partial charge in [0.1, 0.15) is 11.5 Å². The van der Waals surface area contributed by atoms with Crippen molar-refractivity contribution in [3.63, 3.8) is 0 Å². The van der Waals surface area contributed by atoms with Crippen molar-refractivity contribution in [1.82, 2.24) is 0 Å². The highest BCUT2D eigenvalue weighted by atomic mass is 16.5. The number of rotatable bonds is 7. The van der Waals surface area contributed by atoms with Gasteiger partial charge in [0.25, 0.3) is 0 Å². The average molecular weight is 299 g/mol. The van der Waals surface area contributed by atoms with E-state index in [9.17, 15) is 0 Å². The Morgan fingerprint density at radius 2 is 1.55 bits per heavy atom. The van der Waals surface area contributed by atoms with Gasteiger partial charge in [0, 0.05) is 11.3 Å². The van der Waals surface area contributed by atoms with E-state index in [1.807, 2.05) is 31.2 Å². The number of nitrogen functional groups attached to an aromatic ring is 1. The quantitative estimate of drug-likeness (QED) is 0.607. The van der Waals surface area contributed by atoms with Crippen LogP contribution in [0.4, 0.5) is 5.69 Å². The summed E-state index contributed by atoms with van der Waals surface area (Å²) in [6.45, 7) is 7.54. The van der Waals surface area contributed by atoms with Crippen LogP contribution in [0.25, 0.3) is 0 Å². The summed E-state index contributed by atoms with van der Waals surface area (Å²) in [5.41, 5.74) is 10.1. The van der Waals surface area contributed by atoms with Gasteiger partial charge in [0.05, 0.1) is 13.2 Å². The molecular formula is C19H25NO2. The van der Waals surface area contributed by atoms with Crippen molar-refractivity contribution >= 4 is 5.69 Å². The van der Waals surface area contributed by atoms with Crippen LogP contribution in [0.1, 0.15) is 29.5 Å². The zero-order valence-electron chi connectivity index (χ0n) is 13.7. The SMILES string of the molecule is Cc1ccc(OCCCCOc2cccc(N)c2C)c(C)c1. The standard InChI is InChI=1S/C19H25NO2/c1-14-9-10-18(15(2)13-14)21-11-4-5-12-22-19-8-6-7-17(20)16(19)3/h6-10,13H,4-5,11-12,20H2,1-3H3. The smallest absolute Gasteiger partial charge is 0.124 e. The molecule has 0 saturated carbocycles. The number of aryl methyl sites for hydroxylation is 2. The molecule has 0 radical (unpaired) electrons. The van der Waals surface area contributed by atoms with Crippen molar-refractivity contribution in [2.45, 2.75) is 33.6 Å². The third kappa shape index (κ3) is 4.42. The van der Waals surface area contributed by atoms with Gasteiger partial charge in [-0.25, -0.2) is 0 Å². The molecule has 0 aromatic heterocycles. The van der Waals surface area contributed by atoms with Gasteiger partial charge in [-0.05, 0) is 57.4 Å². The molecule has 0 amide bonds. The highest BCUT2D eigenvalue weighted by Crippen LogP contribution is 2.23. The van der Waals surface area contributed by atoms with Gasteiger partial charge in [0.2, 0.25) is 0 Å². The molecule has 2 aromatic rings. The molecule has 0 atom stereocenters. The molecule has 0 spiro atoms. The lowest BCUT2D eigenvalue weighted by Gasteiger charge is -2.12. The number of anilines is 1. The molecule has 2 N–H and O–H groups in total. The Morgan fingerprint density at radius 3 is 2.23 bits per heavy atom. The van der Waals surface area contributed by atoms with Crippen LogP contribution in [0.3, 0.4) is 0 Å². The lowest BCUT2D eigenvalue weighted by atomic mass is 10.1. The van der Waals surface area contributed by atoms with E-state index in [4.69, 9.17) is 15.2 Å². The van der Waals surface area contributed by atoms with Crippen LogP contribution in [0, 0.1) is 20.8 Å². The van der Waals surface area contributed by atoms with Crippen LogP contribution in [0.2, 0.25) is 0 Å². The Balaban J connectivity index is 1.68. The second kappa shape index (κ2) is 7.74. The van der Waals surface area contributed by atoms with Gasteiger partial charge in [0.15, 0.2) is 0 Å². The first-order valence-electron chi connectivity index (χ1n) is 7.76. The average Bonchev–Trinajstić information content (AvgIpc) is 2.48. The molecular weight excluding hydrogens is 274 g/mol. The van der Waals surface area contributed by atoms with Gasteiger partial charge < -0.3 is 15.2 Å². The Hall–Kier alpha value is -2.16. The molecule has 0 bridgehead atoms. The van der Waals surface area contributed by atoms with Crippen molar-refractivity contribution in [1.29, 1.82) is 0 Å². The number of unbranched alkanes of at least 4 members (excludes halogenated alkanes) is 1. The van der Waals surface area contributed by atoms with E-state index in [1.54, 1.807) is 0 Å². The van der Waals surface area contributed by atoms with Gasteiger partial charge in [-0.15, -0.1) is 0 Å². The maximum absolute atomic E-state index is 5.86. The minimum absolute atomic E-state index is 0.681. The summed E-state index contributed by atoms with van der Waals surface area (Å²) >= 11 is 0. The first kappa shape index (κ1) is 16.2. The van der Waals surface area contributed by atoms with Gasteiger partial charge in [-0.3, -0.25) is 0 Å². The molecule has 0 aliphatic rings. The molecule has 0 saturated heterocycles. The van der Waals surface area contributed by atoms with E-state index in [1.165, 1.54) is 11.1 Å². The third-order valence-corrected chi connectivity index (χ3v) is 3.71. The van der Waals surface area contributed by atoms with Crippen LogP contribution in [0.5, 0.6) is 11.5 Å². The van der Waals surface area contributed by atoms with E-state index in [0.29, 0.717) is 13.2 Å². The molecule has 0 heterocycles. The lowest BCUT2D eigenvalue weighted by molar-refractivity contribution is 0.265. The van der Waals surface area contributed by atoms with Crippen LogP contribution in [-0.2, 0) is 0 Å². The summed E-state index contributed by atoms with van der Waals surface area (Å²) in [6.07, 6.45) is 1.92. The minimum atomic E-state index is 0.681. The molecule has 0 aliphatic heterocycles. The number of ether oxygens (including phenoxy) is 2. The number of benzene rings is 2. The molecule has 3 heteroatoms. The van der Waals surface area contributed by atoms with Crippen molar-refractivity contribution in [2.75, 3.05) is 18.9 Å². The van der Waals surface area contributed by atoms with Crippen LogP contribution >= 0.6 is 0 Å². The van der Waals surface area contributed by atoms with E-state index in [2.05, 4.69) is 26.0 Å². The molecule has 0 fully saturated rings. The summed E-state index contributed by atoms with van der Waals surface area (Å²) in [5.74, 6) is 1.84. The highest BCUT2D eigenvalue weighted by Gasteiger charge is 2.02. The van der Waals surface area contributed by atoms with Crippen molar-refractivity contribution in [3.8, 4) is 11.5 Å². The van der Waals surface area contributed by atoms with Crippen molar-refractivity contribution in [3.05, 3.63) is 53.1 Å². The third-order valence-electron chi connectivity index (χ3n) is 3.71. The second-order valence-corrected chi connectivity index (χ2v) is 5.64. The molecule has 0 unspecified atom stereocenters. The van der Waals surface area contributed by atoms with E-state index >= 15 is 0 Å². The van der Waals surface area contributed by atoms with Gasteiger partial charge >= 0.3 is 0 Å². The summed E-state index contributed by atoms with van der Waals surface area (Å²) in [5, 5.41) is 0. The highest BCUT2D eigenvalue weighted by molar-refractivity contribution is 5.53. The molecule has 0 aliphatic carbocycles. The maximum atomic E-state index is 5.86. The van der Waals surface area contributed by atoms with Gasteiger partial charge in [-0.1, -0.05) is 23.8 Å². The summed E-state index contributed by atoms with van der Waals surface area (Å²) < 4.78 is 11.6. The van der Waals surface area contributed by atoms with E-state index < -0.39 is 0 Å². The normalized spacial score (nSPS) is 10.5. The van der Waals surface area contributed by atoms with Crippen LogP contribution < -0.4 is 15.2 Å². The maximum Gasteiger partial charge on any atom is 0.124 e. The predicted molar refractivity (Wildman–Crippen MR) is 91.7 cm³/mol. The fourth-order valence-electron chi connectivity index (χ4n) is 2.32. The molecule has 3 nitrogen and oxygen atoms in total. The number of hydrogen-bond donors (Lipinski definition) is 1.